The van der Waals surface area contributed by atoms with Gasteiger partial charge < -0.3 is 20.1 Å². The molecule has 3 rings (SSSR count). The first kappa shape index (κ1) is 18.5. The zero-order valence-electron chi connectivity index (χ0n) is 14.3. The largest absolute Gasteiger partial charge is 0.394 e. The summed E-state index contributed by atoms with van der Waals surface area (Å²) >= 11 is 0. The van der Waals surface area contributed by atoms with Crippen molar-refractivity contribution in [2.75, 3.05) is 6.61 Å². The van der Waals surface area contributed by atoms with Crippen molar-refractivity contribution in [3.05, 3.63) is 44.5 Å². The van der Waals surface area contributed by atoms with Gasteiger partial charge in [0.25, 0.3) is 5.56 Å². The molecular weight excluding hydrogens is 346 g/mol. The van der Waals surface area contributed by atoms with Crippen molar-refractivity contribution in [1.29, 1.82) is 0 Å². The minimum Gasteiger partial charge on any atom is -0.394 e. The minimum absolute atomic E-state index is 0.113. The van der Waals surface area contributed by atoms with Gasteiger partial charge in [0.1, 0.15) is 18.3 Å². The van der Waals surface area contributed by atoms with Gasteiger partial charge in [-0.2, -0.15) is 0 Å². The number of hydrogen-bond donors (Lipinski definition) is 4. The van der Waals surface area contributed by atoms with Crippen molar-refractivity contribution >= 4 is 0 Å². The first-order valence-corrected chi connectivity index (χ1v) is 8.19. The van der Waals surface area contributed by atoms with E-state index < -0.39 is 42.4 Å². The number of aliphatic hydroxyl groups excluding tert-OH is 3. The molecule has 4 N–H and O–H groups in total. The van der Waals surface area contributed by atoms with Gasteiger partial charge in [0.2, 0.25) is 0 Å². The predicted octanol–water partition coefficient (Wildman–Crippen LogP) is -2.09. The zero-order valence-corrected chi connectivity index (χ0v) is 14.3. The summed E-state index contributed by atoms with van der Waals surface area (Å²) in [4.78, 5) is 26.4. The van der Waals surface area contributed by atoms with Crippen LogP contribution in [0.5, 0.6) is 0 Å². The number of nitrogens with zero attached hydrogens (tertiary/aromatic N) is 4. The topological polar surface area (TPSA) is 155 Å². The third kappa shape index (κ3) is 3.33. The molecule has 11 nitrogen and oxygen atoms in total. The van der Waals surface area contributed by atoms with Crippen molar-refractivity contribution in [1.82, 2.24) is 24.5 Å². The van der Waals surface area contributed by atoms with E-state index in [1.54, 1.807) is 10.9 Å². The molecule has 142 valence electrons. The lowest BCUT2D eigenvalue weighted by atomic mass is 10.1. The molecule has 0 amide bonds. The fourth-order valence-corrected chi connectivity index (χ4v) is 2.79. The van der Waals surface area contributed by atoms with Crippen molar-refractivity contribution < 1.29 is 20.1 Å². The van der Waals surface area contributed by atoms with Crippen LogP contribution in [0.2, 0.25) is 0 Å². The van der Waals surface area contributed by atoms with Gasteiger partial charge in [-0.1, -0.05) is 5.21 Å². The molecule has 0 radical (unpaired) electrons. The molecule has 1 unspecified atom stereocenters. The monoisotopic (exact) mass is 367 g/mol. The van der Waals surface area contributed by atoms with Gasteiger partial charge in [-0.25, -0.2) is 9.48 Å². The highest BCUT2D eigenvalue weighted by atomic mass is 16.6. The van der Waals surface area contributed by atoms with Gasteiger partial charge in [0.05, 0.1) is 12.3 Å². The van der Waals surface area contributed by atoms with Gasteiger partial charge in [-0.3, -0.25) is 14.3 Å². The van der Waals surface area contributed by atoms with E-state index in [0.717, 1.165) is 4.57 Å². The van der Waals surface area contributed by atoms with E-state index in [1.165, 1.54) is 6.20 Å². The lowest BCUT2D eigenvalue weighted by Crippen LogP contribution is -2.39. The Hall–Kier alpha value is -2.34. The molecule has 2 aromatic rings. The van der Waals surface area contributed by atoms with E-state index in [1.807, 2.05) is 13.8 Å². The van der Waals surface area contributed by atoms with Gasteiger partial charge in [-0.05, 0) is 13.8 Å². The molecule has 0 aromatic carbocycles. The maximum Gasteiger partial charge on any atom is 0.330 e. The predicted molar refractivity (Wildman–Crippen MR) is 87.5 cm³/mol. The molecule has 0 spiro atoms. The smallest absolute Gasteiger partial charge is 0.330 e. The summed E-state index contributed by atoms with van der Waals surface area (Å²) < 4.78 is 7.98. The Labute approximate surface area is 147 Å². The number of aromatic nitrogens is 5. The summed E-state index contributed by atoms with van der Waals surface area (Å²) in [6, 6.07) is 0.113. The first-order chi connectivity index (χ1) is 12.3. The van der Waals surface area contributed by atoms with Crippen LogP contribution in [0.3, 0.4) is 0 Å². The van der Waals surface area contributed by atoms with E-state index in [9.17, 15) is 19.8 Å². The second kappa shape index (κ2) is 7.11. The summed E-state index contributed by atoms with van der Waals surface area (Å²) in [5.41, 5.74) is -0.620. The van der Waals surface area contributed by atoms with Crippen LogP contribution in [0.15, 0.2) is 22.0 Å². The van der Waals surface area contributed by atoms with Gasteiger partial charge in [-0.15, -0.1) is 5.10 Å². The Balaban J connectivity index is 1.92. The number of aromatic amines is 1. The molecule has 1 saturated heterocycles. The molecule has 3 heterocycles. The Bertz CT molecular complexity index is 887. The molecular formula is C15H21N5O6. The van der Waals surface area contributed by atoms with Crippen LogP contribution in [0.25, 0.3) is 0 Å². The maximum absolute atomic E-state index is 12.1. The number of hydrogen-bond acceptors (Lipinski definition) is 8. The summed E-state index contributed by atoms with van der Waals surface area (Å²) in [6.07, 6.45) is -1.94. The lowest BCUT2D eigenvalue weighted by molar-refractivity contribution is -0.0551. The van der Waals surface area contributed by atoms with Gasteiger partial charge in [0.15, 0.2) is 6.23 Å². The van der Waals surface area contributed by atoms with Crippen LogP contribution in [0.1, 0.15) is 37.4 Å². The number of ether oxygens (including phenoxy) is 1. The number of nitrogens with one attached hydrogen (secondary N) is 1. The Kier molecular flexibility index (Phi) is 5.05. The van der Waals surface area contributed by atoms with Gasteiger partial charge >= 0.3 is 5.69 Å². The third-order valence-corrected chi connectivity index (χ3v) is 4.29. The quantitative estimate of drug-likeness (QED) is 0.469. The fraction of sp³-hybridized carbons (Fsp3) is 0.600. The number of rotatable bonds is 5. The zero-order chi connectivity index (χ0) is 19.0. The summed E-state index contributed by atoms with van der Waals surface area (Å²) in [5, 5.41) is 37.1. The maximum atomic E-state index is 12.1. The lowest BCUT2D eigenvalue weighted by Gasteiger charge is -2.17. The molecule has 4 atom stereocenters. The van der Waals surface area contributed by atoms with Crippen molar-refractivity contribution in [3.8, 4) is 0 Å². The molecule has 1 fully saturated rings. The average Bonchev–Trinajstić information content (AvgIpc) is 3.17. The van der Waals surface area contributed by atoms with E-state index in [2.05, 4.69) is 15.3 Å². The second-order valence-corrected chi connectivity index (χ2v) is 6.51. The fourth-order valence-electron chi connectivity index (χ4n) is 2.79. The minimum atomic E-state index is -1.43. The Morgan fingerprint density at radius 3 is 2.58 bits per heavy atom. The normalized spacial score (nSPS) is 25.9. The molecule has 1 aliphatic heterocycles. The van der Waals surface area contributed by atoms with Crippen LogP contribution in [0.4, 0.5) is 0 Å². The van der Waals surface area contributed by atoms with Crippen molar-refractivity contribution in [2.24, 2.45) is 0 Å². The molecule has 11 heteroatoms. The molecule has 2 aromatic heterocycles. The number of aliphatic hydroxyl groups is 3. The number of H-pyrrole nitrogens is 1. The molecule has 0 bridgehead atoms. The molecule has 26 heavy (non-hydrogen) atoms. The van der Waals surface area contributed by atoms with Crippen LogP contribution in [-0.2, 0) is 11.2 Å². The molecule has 1 aliphatic rings. The second-order valence-electron chi connectivity index (χ2n) is 6.51. The highest BCUT2D eigenvalue weighted by Crippen LogP contribution is 2.28. The molecule has 0 saturated carbocycles. The summed E-state index contributed by atoms with van der Waals surface area (Å²) in [7, 11) is 0. The SMILES string of the molecule is CC(C)n1cc(Cc2cn([C@@H]3O[C@H](CO)C(O)[C@@H]3O)c(=O)[nH]c2=O)nn1. The summed E-state index contributed by atoms with van der Waals surface area (Å²) in [6.45, 7) is 3.36. The summed E-state index contributed by atoms with van der Waals surface area (Å²) in [5.74, 6) is 0. The van der Waals surface area contributed by atoms with Crippen molar-refractivity contribution in [3.63, 3.8) is 0 Å². The highest BCUT2D eigenvalue weighted by molar-refractivity contribution is 5.14. The van der Waals surface area contributed by atoms with Crippen molar-refractivity contribution in [2.45, 2.75) is 50.8 Å². The van der Waals surface area contributed by atoms with E-state index in [0.29, 0.717) is 5.69 Å². The Morgan fingerprint density at radius 2 is 2.00 bits per heavy atom. The van der Waals surface area contributed by atoms with Gasteiger partial charge in [0, 0.05) is 30.4 Å². The first-order valence-electron chi connectivity index (χ1n) is 8.19. The van der Waals surface area contributed by atoms with E-state index in [4.69, 9.17) is 9.84 Å². The average molecular weight is 367 g/mol. The van der Waals surface area contributed by atoms with Crippen LogP contribution in [-0.4, -0.2) is 64.8 Å². The van der Waals surface area contributed by atoms with Crippen LogP contribution in [0, 0.1) is 0 Å². The third-order valence-electron chi connectivity index (χ3n) is 4.29. The van der Waals surface area contributed by atoms with Crippen LogP contribution < -0.4 is 11.2 Å². The molecule has 0 aliphatic carbocycles. The Morgan fingerprint density at radius 1 is 1.27 bits per heavy atom. The standard InChI is InChI=1S/C15H21N5O6/c1-7(2)20-5-9(17-18-20)3-8-4-19(15(25)16-13(8)24)14-12(23)11(22)10(6-21)26-14/h4-5,7,10-12,14,21-23H,3,6H2,1-2H3,(H,16,24,25)/t10-,11?,12+,14-/m1/s1. The van der Waals surface area contributed by atoms with E-state index >= 15 is 0 Å². The van der Waals surface area contributed by atoms with E-state index in [-0.39, 0.29) is 18.0 Å². The van der Waals surface area contributed by atoms with Crippen LogP contribution >= 0.6 is 0 Å². The highest BCUT2D eigenvalue weighted by Gasteiger charge is 2.43.